The molecular weight excluding hydrogens is 325 g/mol. The van der Waals surface area contributed by atoms with Crippen molar-refractivity contribution in [3.63, 3.8) is 0 Å². The van der Waals surface area contributed by atoms with Gasteiger partial charge in [-0.1, -0.05) is 12.1 Å². The van der Waals surface area contributed by atoms with E-state index in [1.807, 2.05) is 0 Å². The largest absolute Gasteiger partial charge is 0.493 e. The third kappa shape index (κ3) is 4.62. The molecule has 0 heterocycles. The zero-order valence-corrected chi connectivity index (χ0v) is 14.8. The lowest BCUT2D eigenvalue weighted by Crippen LogP contribution is -2.24. The Bertz CT molecular complexity index is 736. The minimum atomic E-state index is -0.281. The van der Waals surface area contributed by atoms with Crippen LogP contribution in [-0.2, 0) is 17.8 Å². The van der Waals surface area contributed by atoms with Crippen molar-refractivity contribution < 1.29 is 23.4 Å². The van der Waals surface area contributed by atoms with Gasteiger partial charge in [-0.15, -0.1) is 0 Å². The predicted octanol–water partition coefficient (Wildman–Crippen LogP) is 3.02. The lowest BCUT2D eigenvalue weighted by atomic mass is 10.1. The quantitative estimate of drug-likeness (QED) is 0.836. The van der Waals surface area contributed by atoms with Crippen LogP contribution in [0.3, 0.4) is 0 Å². The number of nitrogens with one attached hydrogen (secondary N) is 1. The van der Waals surface area contributed by atoms with E-state index in [1.165, 1.54) is 27.4 Å². The Kier molecular flexibility index (Phi) is 6.22. The Labute approximate surface area is 146 Å². The lowest BCUT2D eigenvalue weighted by molar-refractivity contribution is -0.120. The van der Waals surface area contributed by atoms with E-state index in [1.54, 1.807) is 31.2 Å². The molecule has 0 saturated carbocycles. The smallest absolute Gasteiger partial charge is 0.224 e. The molecule has 0 aliphatic rings. The maximum Gasteiger partial charge on any atom is 0.224 e. The molecule has 0 unspecified atom stereocenters. The summed E-state index contributed by atoms with van der Waals surface area (Å²) in [5.41, 5.74) is 2.01. The maximum absolute atomic E-state index is 13.5. The normalized spacial score (nSPS) is 10.3. The number of ether oxygens (including phenoxy) is 3. The van der Waals surface area contributed by atoms with Crippen molar-refractivity contribution in [1.82, 2.24) is 5.32 Å². The number of halogens is 1. The van der Waals surface area contributed by atoms with E-state index in [4.69, 9.17) is 14.2 Å². The van der Waals surface area contributed by atoms with Gasteiger partial charge in [0.1, 0.15) is 5.82 Å². The van der Waals surface area contributed by atoms with Gasteiger partial charge in [-0.2, -0.15) is 0 Å². The highest BCUT2D eigenvalue weighted by Gasteiger charge is 2.15. The fourth-order valence-corrected chi connectivity index (χ4v) is 2.43. The van der Waals surface area contributed by atoms with Gasteiger partial charge >= 0.3 is 0 Å². The molecule has 0 aromatic heterocycles. The number of carbonyl (C=O) groups excluding carboxylic acids is 1. The number of benzene rings is 2. The van der Waals surface area contributed by atoms with Crippen molar-refractivity contribution in [3.8, 4) is 17.2 Å². The molecule has 0 atom stereocenters. The van der Waals surface area contributed by atoms with Crippen molar-refractivity contribution in [2.24, 2.45) is 0 Å². The van der Waals surface area contributed by atoms with Gasteiger partial charge in [0.05, 0.1) is 27.8 Å². The highest BCUT2D eigenvalue weighted by Crippen LogP contribution is 2.38. The van der Waals surface area contributed by atoms with E-state index < -0.39 is 0 Å². The number of rotatable bonds is 7. The number of aryl methyl sites for hydroxylation is 1. The van der Waals surface area contributed by atoms with Crippen LogP contribution in [0.4, 0.5) is 4.39 Å². The first-order chi connectivity index (χ1) is 12.0. The third-order valence-corrected chi connectivity index (χ3v) is 3.82. The number of hydrogen-bond acceptors (Lipinski definition) is 4. The molecule has 0 radical (unpaired) electrons. The molecule has 0 spiro atoms. The molecule has 25 heavy (non-hydrogen) atoms. The Morgan fingerprint density at radius 1 is 1.00 bits per heavy atom. The van der Waals surface area contributed by atoms with Crippen LogP contribution in [0.15, 0.2) is 30.3 Å². The zero-order chi connectivity index (χ0) is 18.4. The monoisotopic (exact) mass is 347 g/mol. The summed E-state index contributed by atoms with van der Waals surface area (Å²) in [6.07, 6.45) is 0.144. The van der Waals surface area contributed by atoms with Gasteiger partial charge in [0.25, 0.3) is 0 Å². The van der Waals surface area contributed by atoms with Crippen LogP contribution >= 0.6 is 0 Å². The minimum Gasteiger partial charge on any atom is -0.493 e. The molecule has 2 rings (SSSR count). The Morgan fingerprint density at radius 2 is 1.64 bits per heavy atom. The standard InChI is InChI=1S/C19H22FNO4/c1-12-5-6-13(7-15(12)20)11-21-18(22)10-14-8-16(23-2)19(25-4)17(9-14)24-3/h5-9H,10-11H2,1-4H3,(H,21,22). The van der Waals surface area contributed by atoms with E-state index in [0.717, 1.165) is 5.56 Å². The number of amides is 1. The van der Waals surface area contributed by atoms with E-state index in [0.29, 0.717) is 28.4 Å². The summed E-state index contributed by atoms with van der Waals surface area (Å²) >= 11 is 0. The van der Waals surface area contributed by atoms with Crippen LogP contribution in [0, 0.1) is 12.7 Å². The van der Waals surface area contributed by atoms with Gasteiger partial charge in [0.2, 0.25) is 11.7 Å². The van der Waals surface area contributed by atoms with Gasteiger partial charge in [-0.05, 0) is 41.8 Å². The highest BCUT2D eigenvalue weighted by atomic mass is 19.1. The van der Waals surface area contributed by atoms with Gasteiger partial charge in [-0.3, -0.25) is 4.79 Å². The van der Waals surface area contributed by atoms with Crippen LogP contribution in [0.1, 0.15) is 16.7 Å². The molecule has 0 fully saturated rings. The van der Waals surface area contributed by atoms with Crippen LogP contribution in [0.25, 0.3) is 0 Å². The van der Waals surface area contributed by atoms with Crippen molar-refractivity contribution in [3.05, 3.63) is 52.8 Å². The maximum atomic E-state index is 13.5. The number of carbonyl (C=O) groups is 1. The SMILES string of the molecule is COc1cc(CC(=O)NCc2ccc(C)c(F)c2)cc(OC)c1OC. The molecule has 2 aromatic carbocycles. The minimum absolute atomic E-state index is 0.144. The Hall–Kier alpha value is -2.76. The Balaban J connectivity index is 2.05. The fourth-order valence-electron chi connectivity index (χ4n) is 2.43. The molecule has 0 saturated heterocycles. The molecule has 6 heteroatoms. The molecule has 1 N–H and O–H groups in total. The van der Waals surface area contributed by atoms with Crippen LogP contribution in [0.2, 0.25) is 0 Å². The van der Waals surface area contributed by atoms with Crippen LogP contribution in [-0.4, -0.2) is 27.2 Å². The molecule has 0 aliphatic carbocycles. The summed E-state index contributed by atoms with van der Waals surface area (Å²) in [6.45, 7) is 1.96. The summed E-state index contributed by atoms with van der Waals surface area (Å²) in [6, 6.07) is 8.36. The molecular formula is C19H22FNO4. The van der Waals surface area contributed by atoms with E-state index in [2.05, 4.69) is 5.32 Å². The molecule has 5 nitrogen and oxygen atoms in total. The topological polar surface area (TPSA) is 56.8 Å². The van der Waals surface area contributed by atoms with Gasteiger partial charge in [-0.25, -0.2) is 4.39 Å². The molecule has 134 valence electrons. The highest BCUT2D eigenvalue weighted by molar-refractivity contribution is 5.79. The van der Waals surface area contributed by atoms with Crippen LogP contribution in [0.5, 0.6) is 17.2 Å². The summed E-state index contributed by atoms with van der Waals surface area (Å²) < 4.78 is 29.3. The summed E-state index contributed by atoms with van der Waals surface area (Å²) in [5.74, 6) is 0.992. The average Bonchev–Trinajstić information content (AvgIpc) is 2.61. The number of methoxy groups -OCH3 is 3. The predicted molar refractivity (Wildman–Crippen MR) is 92.8 cm³/mol. The number of hydrogen-bond donors (Lipinski definition) is 1. The zero-order valence-electron chi connectivity index (χ0n) is 14.8. The van der Waals surface area contributed by atoms with Crippen molar-refractivity contribution >= 4 is 5.91 Å². The fraction of sp³-hybridized carbons (Fsp3) is 0.316. The van der Waals surface area contributed by atoms with E-state index >= 15 is 0 Å². The molecule has 2 aromatic rings. The summed E-state index contributed by atoms with van der Waals surface area (Å²) in [5, 5.41) is 2.78. The van der Waals surface area contributed by atoms with Gasteiger partial charge in [0.15, 0.2) is 11.5 Å². The van der Waals surface area contributed by atoms with Crippen molar-refractivity contribution in [2.75, 3.05) is 21.3 Å². The molecule has 0 aliphatic heterocycles. The first-order valence-electron chi connectivity index (χ1n) is 7.79. The van der Waals surface area contributed by atoms with Crippen LogP contribution < -0.4 is 19.5 Å². The third-order valence-electron chi connectivity index (χ3n) is 3.82. The first kappa shape index (κ1) is 18.6. The second kappa shape index (κ2) is 8.37. The van der Waals surface area contributed by atoms with Crippen molar-refractivity contribution in [2.45, 2.75) is 19.9 Å². The lowest BCUT2D eigenvalue weighted by Gasteiger charge is -2.14. The summed E-state index contributed by atoms with van der Waals surface area (Å²) in [7, 11) is 4.56. The van der Waals surface area contributed by atoms with Gasteiger partial charge in [0, 0.05) is 6.54 Å². The van der Waals surface area contributed by atoms with E-state index in [-0.39, 0.29) is 24.7 Å². The van der Waals surface area contributed by atoms with Crippen molar-refractivity contribution in [1.29, 1.82) is 0 Å². The first-order valence-corrected chi connectivity index (χ1v) is 7.79. The Morgan fingerprint density at radius 3 is 2.16 bits per heavy atom. The summed E-state index contributed by atoms with van der Waals surface area (Å²) in [4.78, 5) is 12.2. The second-order valence-electron chi connectivity index (χ2n) is 5.57. The van der Waals surface area contributed by atoms with E-state index in [9.17, 15) is 9.18 Å². The van der Waals surface area contributed by atoms with Gasteiger partial charge < -0.3 is 19.5 Å². The average molecular weight is 347 g/mol. The molecule has 1 amide bonds. The molecule has 0 bridgehead atoms. The second-order valence-corrected chi connectivity index (χ2v) is 5.57.